The Morgan fingerprint density at radius 2 is 2.17 bits per heavy atom. The van der Waals surface area contributed by atoms with E-state index in [9.17, 15) is 13.6 Å². The molecule has 0 saturated heterocycles. The highest BCUT2D eigenvalue weighted by Gasteiger charge is 2.12. The van der Waals surface area contributed by atoms with Gasteiger partial charge in [0.2, 0.25) is 0 Å². The van der Waals surface area contributed by atoms with Gasteiger partial charge in [0.1, 0.15) is 5.75 Å². The van der Waals surface area contributed by atoms with Gasteiger partial charge in [-0.3, -0.25) is 4.79 Å². The van der Waals surface area contributed by atoms with Crippen molar-refractivity contribution in [3.05, 3.63) is 27.3 Å². The van der Waals surface area contributed by atoms with Gasteiger partial charge in [-0.1, -0.05) is 12.1 Å². The van der Waals surface area contributed by atoms with E-state index in [4.69, 9.17) is 4.74 Å². The summed E-state index contributed by atoms with van der Waals surface area (Å²) in [5.41, 5.74) is 0.793. The zero-order valence-corrected chi connectivity index (χ0v) is 11.9. The maximum atomic E-state index is 12.1. The molecule has 1 aromatic carbocycles. The van der Waals surface area contributed by atoms with E-state index in [-0.39, 0.29) is 18.1 Å². The molecule has 18 heavy (non-hydrogen) atoms. The SMILES string of the molecule is CCOC(=O)CCc1cccc(OC(F)F)c1I. The van der Waals surface area contributed by atoms with Crippen LogP contribution < -0.4 is 4.74 Å². The predicted molar refractivity (Wildman–Crippen MR) is 70.7 cm³/mol. The van der Waals surface area contributed by atoms with Gasteiger partial charge in [-0.05, 0) is 47.6 Å². The fourth-order valence-corrected chi connectivity index (χ4v) is 2.16. The summed E-state index contributed by atoms with van der Waals surface area (Å²) in [6, 6.07) is 4.88. The highest BCUT2D eigenvalue weighted by atomic mass is 127. The van der Waals surface area contributed by atoms with Crippen LogP contribution in [0.2, 0.25) is 0 Å². The van der Waals surface area contributed by atoms with Gasteiger partial charge in [-0.2, -0.15) is 8.78 Å². The molecule has 0 aromatic heterocycles. The molecule has 0 N–H and O–H groups in total. The van der Waals surface area contributed by atoms with Crippen LogP contribution in [0.15, 0.2) is 18.2 Å². The second-order valence-corrected chi connectivity index (χ2v) is 4.49. The predicted octanol–water partition coefficient (Wildman–Crippen LogP) is 3.39. The van der Waals surface area contributed by atoms with Crippen molar-refractivity contribution in [1.29, 1.82) is 0 Å². The van der Waals surface area contributed by atoms with E-state index in [1.165, 1.54) is 6.07 Å². The van der Waals surface area contributed by atoms with Crippen molar-refractivity contribution >= 4 is 28.6 Å². The Morgan fingerprint density at radius 1 is 1.44 bits per heavy atom. The van der Waals surface area contributed by atoms with Crippen molar-refractivity contribution in [3.63, 3.8) is 0 Å². The molecule has 0 aliphatic carbocycles. The molecule has 0 bridgehead atoms. The Labute approximate surface area is 118 Å². The maximum absolute atomic E-state index is 12.1. The first-order valence-electron chi connectivity index (χ1n) is 5.42. The number of halogens is 3. The molecule has 1 aromatic rings. The molecule has 0 unspecified atom stereocenters. The number of carbonyl (C=O) groups excluding carboxylic acids is 1. The Balaban J connectivity index is 2.68. The van der Waals surface area contributed by atoms with E-state index in [0.717, 1.165) is 5.56 Å². The maximum Gasteiger partial charge on any atom is 0.387 e. The van der Waals surface area contributed by atoms with E-state index < -0.39 is 6.61 Å². The number of aryl methyl sites for hydroxylation is 1. The van der Waals surface area contributed by atoms with Crippen molar-refractivity contribution in [2.24, 2.45) is 0 Å². The lowest BCUT2D eigenvalue weighted by atomic mass is 10.1. The van der Waals surface area contributed by atoms with Crippen LogP contribution >= 0.6 is 22.6 Å². The van der Waals surface area contributed by atoms with Crippen LogP contribution in [0, 0.1) is 3.57 Å². The molecular weight excluding hydrogens is 357 g/mol. The van der Waals surface area contributed by atoms with Gasteiger partial charge in [-0.25, -0.2) is 0 Å². The Bertz CT molecular complexity index is 410. The summed E-state index contributed by atoms with van der Waals surface area (Å²) in [7, 11) is 0. The summed E-state index contributed by atoms with van der Waals surface area (Å²) < 4.78 is 34.1. The lowest BCUT2D eigenvalue weighted by Crippen LogP contribution is -2.07. The minimum atomic E-state index is -2.85. The number of rotatable bonds is 6. The molecule has 6 heteroatoms. The van der Waals surface area contributed by atoms with Crippen LogP contribution in [0.1, 0.15) is 18.9 Å². The third-order valence-electron chi connectivity index (χ3n) is 2.16. The Morgan fingerprint density at radius 3 is 2.78 bits per heavy atom. The Kier molecular flexibility index (Phi) is 6.31. The fourth-order valence-electron chi connectivity index (χ4n) is 1.41. The van der Waals surface area contributed by atoms with Crippen LogP contribution in [-0.4, -0.2) is 19.2 Å². The first-order chi connectivity index (χ1) is 8.54. The number of carbonyl (C=O) groups is 1. The third kappa shape index (κ3) is 4.75. The van der Waals surface area contributed by atoms with Crippen molar-refractivity contribution in [3.8, 4) is 5.75 Å². The molecule has 0 fully saturated rings. The molecule has 0 aliphatic rings. The van der Waals surface area contributed by atoms with Crippen LogP contribution in [-0.2, 0) is 16.0 Å². The molecule has 100 valence electrons. The van der Waals surface area contributed by atoms with Gasteiger partial charge >= 0.3 is 12.6 Å². The van der Waals surface area contributed by atoms with Crippen LogP contribution in [0.3, 0.4) is 0 Å². The second-order valence-electron chi connectivity index (χ2n) is 3.41. The third-order valence-corrected chi connectivity index (χ3v) is 3.39. The average molecular weight is 370 g/mol. The minimum absolute atomic E-state index is 0.131. The van der Waals surface area contributed by atoms with Crippen LogP contribution in [0.4, 0.5) is 8.78 Å². The summed E-state index contributed by atoms with van der Waals surface area (Å²) in [6.45, 7) is -0.776. The molecule has 1 rings (SSSR count). The molecule has 0 radical (unpaired) electrons. The molecule has 0 heterocycles. The molecule has 3 nitrogen and oxygen atoms in total. The van der Waals surface area contributed by atoms with Gasteiger partial charge < -0.3 is 9.47 Å². The molecule has 0 saturated carbocycles. The summed E-state index contributed by atoms with van der Waals surface area (Å²) in [6.07, 6.45) is 0.666. The van der Waals surface area contributed by atoms with E-state index in [0.29, 0.717) is 16.6 Å². The van der Waals surface area contributed by atoms with E-state index in [1.807, 2.05) is 22.6 Å². The largest absolute Gasteiger partial charge is 0.466 e. The minimum Gasteiger partial charge on any atom is -0.466 e. The van der Waals surface area contributed by atoms with Crippen LogP contribution in [0.5, 0.6) is 5.75 Å². The highest BCUT2D eigenvalue weighted by molar-refractivity contribution is 14.1. The monoisotopic (exact) mass is 370 g/mol. The first kappa shape index (κ1) is 15.1. The van der Waals surface area contributed by atoms with Gasteiger partial charge in [-0.15, -0.1) is 0 Å². The van der Waals surface area contributed by atoms with Crippen molar-refractivity contribution in [1.82, 2.24) is 0 Å². The van der Waals surface area contributed by atoms with Gasteiger partial charge in [0.15, 0.2) is 0 Å². The van der Waals surface area contributed by atoms with E-state index in [1.54, 1.807) is 19.1 Å². The number of alkyl halides is 2. The smallest absolute Gasteiger partial charge is 0.387 e. The zero-order chi connectivity index (χ0) is 13.5. The number of benzene rings is 1. The number of hydrogen-bond acceptors (Lipinski definition) is 3. The summed E-state index contributed by atoms with van der Waals surface area (Å²) >= 11 is 1.93. The van der Waals surface area contributed by atoms with Crippen LogP contribution in [0.25, 0.3) is 0 Å². The molecular formula is C12H13F2IO3. The van der Waals surface area contributed by atoms with E-state index in [2.05, 4.69) is 4.74 Å². The standard InChI is InChI=1S/C12H13F2IO3/c1-2-17-10(16)7-6-8-4-3-5-9(11(8)15)18-12(13)14/h3-5,12H,2,6-7H2,1H3. The molecule has 0 aliphatic heterocycles. The lowest BCUT2D eigenvalue weighted by molar-refractivity contribution is -0.143. The normalized spacial score (nSPS) is 10.5. The second kappa shape index (κ2) is 7.50. The molecule has 0 spiro atoms. The zero-order valence-electron chi connectivity index (χ0n) is 9.79. The Hall–Kier alpha value is -0.920. The average Bonchev–Trinajstić information content (AvgIpc) is 2.30. The number of hydrogen-bond donors (Lipinski definition) is 0. The topological polar surface area (TPSA) is 35.5 Å². The summed E-state index contributed by atoms with van der Waals surface area (Å²) in [4.78, 5) is 11.2. The molecule has 0 amide bonds. The highest BCUT2D eigenvalue weighted by Crippen LogP contribution is 2.26. The quantitative estimate of drug-likeness (QED) is 0.569. The summed E-state index contributed by atoms with van der Waals surface area (Å²) in [5.74, 6) is -0.166. The van der Waals surface area contributed by atoms with Gasteiger partial charge in [0.25, 0.3) is 0 Å². The lowest BCUT2D eigenvalue weighted by Gasteiger charge is -2.10. The van der Waals surface area contributed by atoms with E-state index >= 15 is 0 Å². The summed E-state index contributed by atoms with van der Waals surface area (Å²) in [5, 5.41) is 0. The molecule has 0 atom stereocenters. The van der Waals surface area contributed by atoms with Gasteiger partial charge in [0.05, 0.1) is 10.2 Å². The number of ether oxygens (including phenoxy) is 2. The number of esters is 1. The van der Waals surface area contributed by atoms with Crippen molar-refractivity contribution < 1.29 is 23.0 Å². The van der Waals surface area contributed by atoms with Crippen molar-refractivity contribution in [2.45, 2.75) is 26.4 Å². The fraction of sp³-hybridized carbons (Fsp3) is 0.417. The van der Waals surface area contributed by atoms with Gasteiger partial charge in [0, 0.05) is 6.42 Å². The van der Waals surface area contributed by atoms with Crippen molar-refractivity contribution in [2.75, 3.05) is 6.61 Å². The first-order valence-corrected chi connectivity index (χ1v) is 6.50.